The van der Waals surface area contributed by atoms with E-state index in [2.05, 4.69) is 0 Å². The number of fused-ring (bicyclic) bond motifs is 1. The highest BCUT2D eigenvalue weighted by Gasteiger charge is 2.81. The molecule has 0 bridgehead atoms. The van der Waals surface area contributed by atoms with E-state index in [0.29, 0.717) is 11.1 Å². The molecule has 3 aromatic carbocycles. The number of rotatable bonds is 9. The number of alkyl halides is 9. The van der Waals surface area contributed by atoms with Gasteiger partial charge in [0.1, 0.15) is 7.14 Å². The molecule has 0 aliphatic heterocycles. The quantitative estimate of drug-likeness (QED) is 0.211. The Hall–Kier alpha value is -2.78. The SMILES string of the molecule is O=P(c1ccccc1)(c1ccccc1)C(CC1(O)Cc2ccccc2C1)CC(F)(F)C(F)(F)C(F)(F)C(F)(F)F. The predicted molar refractivity (Wildman–Crippen MR) is 132 cm³/mol. The Balaban J connectivity index is 1.86. The number of halogens is 9. The Morgan fingerprint density at radius 1 is 0.675 bits per heavy atom. The van der Waals surface area contributed by atoms with E-state index >= 15 is 8.78 Å². The first-order chi connectivity index (χ1) is 18.4. The number of benzene rings is 3. The fourth-order valence-corrected chi connectivity index (χ4v) is 8.74. The predicted octanol–water partition coefficient (Wildman–Crippen LogP) is 7.15. The van der Waals surface area contributed by atoms with Crippen molar-refractivity contribution < 1.29 is 49.2 Å². The molecule has 0 radical (unpaired) electrons. The van der Waals surface area contributed by atoms with Gasteiger partial charge in [-0.15, -0.1) is 0 Å². The van der Waals surface area contributed by atoms with Crippen LogP contribution in [-0.4, -0.2) is 40.3 Å². The van der Waals surface area contributed by atoms with Crippen LogP contribution >= 0.6 is 7.14 Å². The number of hydrogen-bond acceptors (Lipinski definition) is 2. The van der Waals surface area contributed by atoms with E-state index < -0.39 is 55.2 Å². The summed E-state index contributed by atoms with van der Waals surface area (Å²) in [5, 5.41) is 11.2. The van der Waals surface area contributed by atoms with Crippen molar-refractivity contribution in [2.24, 2.45) is 0 Å². The molecule has 0 heterocycles. The fourth-order valence-electron chi connectivity index (χ4n) is 5.29. The Labute approximate surface area is 224 Å². The molecule has 12 heteroatoms. The van der Waals surface area contributed by atoms with E-state index in [-0.39, 0.29) is 23.5 Å². The summed E-state index contributed by atoms with van der Waals surface area (Å²) in [4.78, 5) is 0. The summed E-state index contributed by atoms with van der Waals surface area (Å²) in [5.41, 5.74) is -2.84. The lowest BCUT2D eigenvalue weighted by atomic mass is 9.90. The standard InChI is InChI=1S/C28H24F9O2P/c29-25(30,26(31,32)27(33,34)28(35,36)37)18-23(17-24(38)15-19-9-7-8-10-20(19)16-24)40(39,21-11-3-1-4-12-21)22-13-5-2-6-14-22/h1-14,23,38H,15-18H2. The Morgan fingerprint density at radius 3 is 1.48 bits per heavy atom. The van der Waals surface area contributed by atoms with Gasteiger partial charge >= 0.3 is 23.9 Å². The molecule has 2 nitrogen and oxygen atoms in total. The summed E-state index contributed by atoms with van der Waals surface area (Å²) < 4.78 is 140. The second-order valence-electron chi connectivity index (χ2n) is 10.1. The highest BCUT2D eigenvalue weighted by molar-refractivity contribution is 7.79. The van der Waals surface area contributed by atoms with Crippen LogP contribution in [0.5, 0.6) is 0 Å². The molecule has 1 unspecified atom stereocenters. The topological polar surface area (TPSA) is 37.3 Å². The average molecular weight is 594 g/mol. The molecule has 0 saturated carbocycles. The number of aliphatic hydroxyl groups is 1. The van der Waals surface area contributed by atoms with Crippen LogP contribution < -0.4 is 10.6 Å². The zero-order chi connectivity index (χ0) is 29.6. The summed E-state index contributed by atoms with van der Waals surface area (Å²) >= 11 is 0. The van der Waals surface area contributed by atoms with Gasteiger partial charge in [0.15, 0.2) is 0 Å². The molecule has 1 aliphatic carbocycles. The maximum atomic E-state index is 15.2. The molecule has 3 aromatic rings. The van der Waals surface area contributed by atoms with Crippen LogP contribution in [0.4, 0.5) is 39.5 Å². The molecular weight excluding hydrogens is 570 g/mol. The van der Waals surface area contributed by atoms with E-state index in [1.54, 1.807) is 24.3 Å². The summed E-state index contributed by atoms with van der Waals surface area (Å²) in [7, 11) is -4.48. The first kappa shape index (κ1) is 30.2. The first-order valence-corrected chi connectivity index (χ1v) is 13.9. The van der Waals surface area contributed by atoms with Crippen LogP contribution in [-0.2, 0) is 17.4 Å². The highest BCUT2D eigenvalue weighted by atomic mass is 31.2. The molecule has 4 rings (SSSR count). The molecule has 216 valence electrons. The van der Waals surface area contributed by atoms with Crippen LogP contribution in [0, 0.1) is 0 Å². The minimum Gasteiger partial charge on any atom is -0.389 e. The second-order valence-corrected chi connectivity index (χ2v) is 13.2. The van der Waals surface area contributed by atoms with Crippen LogP contribution in [0.15, 0.2) is 84.9 Å². The van der Waals surface area contributed by atoms with Crippen molar-refractivity contribution in [1.82, 2.24) is 0 Å². The Kier molecular flexibility index (Phi) is 7.73. The molecule has 0 fully saturated rings. The van der Waals surface area contributed by atoms with Crippen molar-refractivity contribution in [1.29, 1.82) is 0 Å². The van der Waals surface area contributed by atoms with Crippen molar-refractivity contribution >= 4 is 17.8 Å². The molecule has 1 atom stereocenters. The van der Waals surface area contributed by atoms with Crippen LogP contribution in [0.2, 0.25) is 0 Å². The van der Waals surface area contributed by atoms with Crippen molar-refractivity contribution in [2.75, 3.05) is 0 Å². The van der Waals surface area contributed by atoms with Gasteiger partial charge < -0.3 is 9.67 Å². The van der Waals surface area contributed by atoms with Crippen LogP contribution in [0.25, 0.3) is 0 Å². The molecule has 1 aliphatic rings. The van der Waals surface area contributed by atoms with Crippen molar-refractivity contribution in [3.63, 3.8) is 0 Å². The van der Waals surface area contributed by atoms with Crippen molar-refractivity contribution in [3.05, 3.63) is 96.1 Å². The zero-order valence-electron chi connectivity index (χ0n) is 20.7. The molecule has 0 aromatic heterocycles. The van der Waals surface area contributed by atoms with Gasteiger partial charge in [0.25, 0.3) is 0 Å². The normalized spacial score (nSPS) is 16.9. The molecule has 0 spiro atoms. The smallest absolute Gasteiger partial charge is 0.389 e. The van der Waals surface area contributed by atoms with E-state index in [9.17, 15) is 40.4 Å². The molecule has 40 heavy (non-hydrogen) atoms. The molecule has 1 N–H and O–H groups in total. The zero-order valence-corrected chi connectivity index (χ0v) is 21.6. The van der Waals surface area contributed by atoms with Gasteiger partial charge in [-0.2, -0.15) is 39.5 Å². The van der Waals surface area contributed by atoms with Crippen molar-refractivity contribution in [3.8, 4) is 0 Å². The molecular formula is C28H24F9O2P. The van der Waals surface area contributed by atoms with Gasteiger partial charge in [-0.1, -0.05) is 84.9 Å². The lowest BCUT2D eigenvalue weighted by Gasteiger charge is -2.39. The summed E-state index contributed by atoms with van der Waals surface area (Å²) in [6, 6.07) is 20.3. The largest absolute Gasteiger partial charge is 0.460 e. The summed E-state index contributed by atoms with van der Waals surface area (Å²) in [6.45, 7) is 0. The lowest BCUT2D eigenvalue weighted by molar-refractivity contribution is -0.396. The van der Waals surface area contributed by atoms with Gasteiger partial charge in [0.2, 0.25) is 0 Å². The lowest BCUT2D eigenvalue weighted by Crippen LogP contribution is -2.61. The molecule has 0 amide bonds. The van der Waals surface area contributed by atoms with Crippen molar-refractivity contribution in [2.45, 2.75) is 60.9 Å². The van der Waals surface area contributed by atoms with Gasteiger partial charge in [-0.3, -0.25) is 0 Å². The van der Waals surface area contributed by atoms with Crippen LogP contribution in [0.1, 0.15) is 24.0 Å². The average Bonchev–Trinajstić information content (AvgIpc) is 3.23. The second kappa shape index (κ2) is 10.2. The molecule has 0 saturated heterocycles. The van der Waals surface area contributed by atoms with E-state index in [1.807, 2.05) is 0 Å². The monoisotopic (exact) mass is 594 g/mol. The third kappa shape index (κ3) is 5.18. The van der Waals surface area contributed by atoms with Gasteiger partial charge in [-0.25, -0.2) is 0 Å². The van der Waals surface area contributed by atoms with E-state index in [1.165, 1.54) is 60.7 Å². The third-order valence-corrected chi connectivity index (χ3v) is 10.8. The Morgan fingerprint density at radius 2 is 1.07 bits per heavy atom. The van der Waals surface area contributed by atoms with E-state index in [0.717, 1.165) is 0 Å². The maximum absolute atomic E-state index is 15.2. The summed E-state index contributed by atoms with van der Waals surface area (Å²) in [6.07, 6.45) is -10.4. The maximum Gasteiger partial charge on any atom is 0.460 e. The van der Waals surface area contributed by atoms with Gasteiger partial charge in [0.05, 0.1) is 5.60 Å². The fraction of sp³-hybridized carbons (Fsp3) is 0.357. The first-order valence-electron chi connectivity index (χ1n) is 12.1. The minimum atomic E-state index is -7.09. The van der Waals surface area contributed by atoms with Gasteiger partial charge in [0, 0.05) is 35.5 Å². The minimum absolute atomic E-state index is 0.105. The third-order valence-electron chi connectivity index (χ3n) is 7.27. The Bertz CT molecular complexity index is 1310. The van der Waals surface area contributed by atoms with Crippen LogP contribution in [0.3, 0.4) is 0 Å². The highest BCUT2D eigenvalue weighted by Crippen LogP contribution is 2.60. The van der Waals surface area contributed by atoms with Gasteiger partial charge in [-0.05, 0) is 17.5 Å². The summed E-state index contributed by atoms with van der Waals surface area (Å²) in [5.74, 6) is -19.9. The van der Waals surface area contributed by atoms with E-state index in [4.69, 9.17) is 0 Å². The number of hydrogen-bond donors (Lipinski definition) is 1.